The molecular formula is C64H112NO8P. The summed E-state index contributed by atoms with van der Waals surface area (Å²) in [6.07, 6.45) is 74.7. The lowest BCUT2D eigenvalue weighted by molar-refractivity contribution is -0.870. The molecule has 0 heterocycles. The molecule has 0 radical (unpaired) electrons. The van der Waals surface area contributed by atoms with Gasteiger partial charge in [0.05, 0.1) is 27.7 Å². The summed E-state index contributed by atoms with van der Waals surface area (Å²) < 4.78 is 34.1. The number of esters is 2. The van der Waals surface area contributed by atoms with Crippen LogP contribution in [0.5, 0.6) is 0 Å². The van der Waals surface area contributed by atoms with E-state index in [1.807, 2.05) is 21.1 Å². The van der Waals surface area contributed by atoms with Gasteiger partial charge in [0.1, 0.15) is 19.8 Å². The van der Waals surface area contributed by atoms with Gasteiger partial charge in [-0.1, -0.05) is 252 Å². The quantitative estimate of drug-likeness (QED) is 0.0195. The summed E-state index contributed by atoms with van der Waals surface area (Å²) in [6, 6.07) is 0. The maximum atomic E-state index is 12.8. The highest BCUT2D eigenvalue weighted by Gasteiger charge is 2.22. The van der Waals surface area contributed by atoms with Crippen LogP contribution in [0.1, 0.15) is 245 Å². The van der Waals surface area contributed by atoms with Gasteiger partial charge in [-0.2, -0.15) is 0 Å². The number of nitrogens with zero attached hydrogens (tertiary/aromatic N) is 1. The number of ether oxygens (including phenoxy) is 2. The molecule has 0 saturated heterocycles. The Labute approximate surface area is 455 Å². The van der Waals surface area contributed by atoms with Gasteiger partial charge in [-0.3, -0.25) is 14.2 Å². The number of likely N-dealkylation sites (N-methyl/N-ethyl adjacent to an activating group) is 1. The van der Waals surface area contributed by atoms with Crippen molar-refractivity contribution in [2.45, 2.75) is 251 Å². The number of hydrogen-bond donors (Lipinski definition) is 0. The summed E-state index contributed by atoms with van der Waals surface area (Å²) in [5.74, 6) is -0.833. The predicted octanol–water partition coefficient (Wildman–Crippen LogP) is 18.2. The van der Waals surface area contributed by atoms with Gasteiger partial charge in [0.25, 0.3) is 7.82 Å². The minimum atomic E-state index is -4.63. The number of phosphoric acid groups is 1. The van der Waals surface area contributed by atoms with Crippen LogP contribution in [0.25, 0.3) is 0 Å². The van der Waals surface area contributed by atoms with E-state index < -0.39 is 26.5 Å². The Kier molecular flexibility index (Phi) is 52.4. The molecule has 0 aliphatic rings. The van der Waals surface area contributed by atoms with E-state index in [0.717, 1.165) is 89.9 Å². The first-order valence-corrected chi connectivity index (χ1v) is 31.4. The zero-order valence-electron chi connectivity index (χ0n) is 48.3. The second-order valence-electron chi connectivity index (χ2n) is 21.0. The average Bonchev–Trinajstić information content (AvgIpc) is 3.36. The van der Waals surface area contributed by atoms with Crippen LogP contribution in [0, 0.1) is 0 Å². The maximum absolute atomic E-state index is 12.8. The van der Waals surface area contributed by atoms with Gasteiger partial charge in [-0.15, -0.1) is 0 Å². The van der Waals surface area contributed by atoms with E-state index in [1.54, 1.807) is 0 Å². The van der Waals surface area contributed by atoms with Crippen molar-refractivity contribution in [2.24, 2.45) is 0 Å². The lowest BCUT2D eigenvalue weighted by Gasteiger charge is -2.28. The Balaban J connectivity index is 3.99. The molecule has 0 aromatic rings. The van der Waals surface area contributed by atoms with E-state index in [9.17, 15) is 19.0 Å². The zero-order valence-corrected chi connectivity index (χ0v) is 49.2. The van der Waals surface area contributed by atoms with Crippen molar-refractivity contribution >= 4 is 19.8 Å². The molecule has 0 aliphatic carbocycles. The number of phosphoric ester groups is 1. The molecule has 10 heteroatoms. The number of hydrogen-bond acceptors (Lipinski definition) is 8. The molecule has 0 bridgehead atoms. The lowest BCUT2D eigenvalue weighted by atomic mass is 10.0. The molecule has 0 aromatic carbocycles. The number of quaternary nitrogens is 1. The number of carbonyl (C=O) groups excluding carboxylic acids is 2. The molecule has 0 amide bonds. The van der Waals surface area contributed by atoms with Gasteiger partial charge < -0.3 is 27.9 Å². The summed E-state index contributed by atoms with van der Waals surface area (Å²) in [5, 5.41) is 0. The maximum Gasteiger partial charge on any atom is 0.306 e. The van der Waals surface area contributed by atoms with Crippen LogP contribution in [0.4, 0.5) is 0 Å². The summed E-state index contributed by atoms with van der Waals surface area (Å²) in [6.45, 7) is 4.12. The minimum Gasteiger partial charge on any atom is -0.756 e. The van der Waals surface area contributed by atoms with Crippen LogP contribution >= 0.6 is 7.82 Å². The Morgan fingerprint density at radius 2 is 0.770 bits per heavy atom. The minimum absolute atomic E-state index is 0.0323. The smallest absolute Gasteiger partial charge is 0.306 e. The van der Waals surface area contributed by atoms with Crippen molar-refractivity contribution in [2.75, 3.05) is 47.5 Å². The van der Waals surface area contributed by atoms with Crippen molar-refractivity contribution in [1.29, 1.82) is 0 Å². The van der Waals surface area contributed by atoms with Crippen molar-refractivity contribution in [3.05, 3.63) is 97.2 Å². The molecule has 0 aliphatic heterocycles. The van der Waals surface area contributed by atoms with Gasteiger partial charge >= 0.3 is 11.9 Å². The molecule has 0 saturated carbocycles. The van der Waals surface area contributed by atoms with E-state index in [-0.39, 0.29) is 32.0 Å². The number of unbranched alkanes of at least 4 members (excludes halogenated alkanes) is 24. The Bertz CT molecular complexity index is 1570. The molecule has 74 heavy (non-hydrogen) atoms. The van der Waals surface area contributed by atoms with E-state index in [2.05, 4.69) is 111 Å². The molecule has 2 unspecified atom stereocenters. The van der Waals surface area contributed by atoms with E-state index >= 15 is 0 Å². The van der Waals surface area contributed by atoms with Gasteiger partial charge in [0.2, 0.25) is 0 Å². The highest BCUT2D eigenvalue weighted by Crippen LogP contribution is 2.38. The third-order valence-electron chi connectivity index (χ3n) is 12.6. The normalized spacial score (nSPS) is 14.0. The van der Waals surface area contributed by atoms with Crippen LogP contribution in [-0.2, 0) is 32.7 Å². The van der Waals surface area contributed by atoms with Crippen molar-refractivity contribution in [3.8, 4) is 0 Å². The van der Waals surface area contributed by atoms with Gasteiger partial charge in [0, 0.05) is 12.8 Å². The molecule has 0 spiro atoms. The summed E-state index contributed by atoms with van der Waals surface area (Å²) in [5.41, 5.74) is 0. The molecular weight excluding hydrogens is 942 g/mol. The second-order valence-corrected chi connectivity index (χ2v) is 22.4. The molecule has 0 rings (SSSR count). The third-order valence-corrected chi connectivity index (χ3v) is 13.6. The van der Waals surface area contributed by atoms with E-state index in [1.165, 1.54) is 122 Å². The first kappa shape index (κ1) is 70.9. The Hall–Kier alpha value is -3.07. The zero-order chi connectivity index (χ0) is 54.2. The van der Waals surface area contributed by atoms with Gasteiger partial charge in [-0.25, -0.2) is 0 Å². The van der Waals surface area contributed by atoms with Crippen LogP contribution in [0.15, 0.2) is 97.2 Å². The van der Waals surface area contributed by atoms with Crippen molar-refractivity contribution in [3.63, 3.8) is 0 Å². The number of carbonyl (C=O) groups is 2. The Morgan fingerprint density at radius 1 is 0.432 bits per heavy atom. The highest BCUT2D eigenvalue weighted by atomic mass is 31.2. The van der Waals surface area contributed by atoms with Crippen molar-refractivity contribution in [1.82, 2.24) is 0 Å². The lowest BCUT2D eigenvalue weighted by Crippen LogP contribution is -2.37. The molecule has 2 atom stereocenters. The molecule has 9 nitrogen and oxygen atoms in total. The first-order valence-electron chi connectivity index (χ1n) is 29.9. The summed E-state index contributed by atoms with van der Waals surface area (Å²) in [4.78, 5) is 37.7. The Morgan fingerprint density at radius 3 is 1.15 bits per heavy atom. The van der Waals surface area contributed by atoms with Crippen molar-refractivity contribution < 1.29 is 42.1 Å². The summed E-state index contributed by atoms with van der Waals surface area (Å²) >= 11 is 0. The second kappa shape index (κ2) is 54.7. The molecule has 0 N–H and O–H groups in total. The monoisotopic (exact) mass is 1050 g/mol. The topological polar surface area (TPSA) is 111 Å². The number of allylic oxidation sites excluding steroid dienone is 16. The van der Waals surface area contributed by atoms with Gasteiger partial charge in [0.15, 0.2) is 6.10 Å². The number of rotatable bonds is 54. The first-order chi connectivity index (χ1) is 36.0. The third kappa shape index (κ3) is 58.2. The SMILES string of the molecule is CC/C=C\C/C=C\C/C=C\C/C=C\C/C=C\C/C=C\C/C=C\C/C=C\CCCCCCCCCCCCCCCCC(=O)OC(COC(=O)CCCCCCCCCCCCC)COP(=O)([O-])OCC[N+](C)(C)C. The van der Waals surface area contributed by atoms with E-state index in [4.69, 9.17) is 18.5 Å². The van der Waals surface area contributed by atoms with Crippen LogP contribution in [0.3, 0.4) is 0 Å². The summed E-state index contributed by atoms with van der Waals surface area (Å²) in [7, 11) is 1.16. The fourth-order valence-corrected chi connectivity index (χ4v) is 8.75. The van der Waals surface area contributed by atoms with Crippen LogP contribution < -0.4 is 4.89 Å². The van der Waals surface area contributed by atoms with Gasteiger partial charge in [-0.05, 0) is 77.0 Å². The molecule has 426 valence electrons. The molecule has 0 aromatic heterocycles. The van der Waals surface area contributed by atoms with E-state index in [0.29, 0.717) is 17.4 Å². The fourth-order valence-electron chi connectivity index (χ4n) is 8.03. The fraction of sp³-hybridized carbons (Fsp3) is 0.719. The predicted molar refractivity (Wildman–Crippen MR) is 314 cm³/mol. The molecule has 0 fully saturated rings. The highest BCUT2D eigenvalue weighted by molar-refractivity contribution is 7.45. The average molecular weight is 1050 g/mol. The largest absolute Gasteiger partial charge is 0.756 e. The van der Waals surface area contributed by atoms with Crippen LogP contribution in [-0.4, -0.2) is 70.0 Å². The van der Waals surface area contributed by atoms with Crippen LogP contribution in [0.2, 0.25) is 0 Å². The standard InChI is InChI=1S/C64H112NO8P/c1-6-8-10-12-14-16-18-19-20-21-22-23-24-25-26-27-28-29-30-31-32-33-34-35-36-37-38-39-40-41-42-43-44-45-47-49-51-53-55-57-64(67)73-62(61-72-74(68,69)71-59-58-65(3,4)5)60-70-63(66)56-54-52-50-48-46-17-15-13-11-9-7-2/h8,10,14,16,19-20,22-23,25-26,28-29,31-32,34-35,62H,6-7,9,11-13,15,17-18,21,24,27,30,33,36-61H2,1-5H3/b10-8-,16-14-,20-19-,23-22-,26-25-,29-28-,32-31-,35-34-.